The predicted octanol–water partition coefficient (Wildman–Crippen LogP) is 2.47. The summed E-state index contributed by atoms with van der Waals surface area (Å²) in [4.78, 5) is 9.80. The van der Waals surface area contributed by atoms with Crippen LogP contribution in [0.25, 0.3) is 6.08 Å². The lowest BCUT2D eigenvalue weighted by Crippen LogP contribution is -1.93. The van der Waals surface area contributed by atoms with Gasteiger partial charge in [0.05, 0.1) is 12.0 Å². The zero-order chi connectivity index (χ0) is 11.4. The Balaban J connectivity index is 3.03. The molecule has 0 spiro atoms. The van der Waals surface area contributed by atoms with Crippen LogP contribution in [0.15, 0.2) is 23.9 Å². The molecule has 0 saturated heterocycles. The average Bonchev–Trinajstić information content (AvgIpc) is 2.18. The highest BCUT2D eigenvalue weighted by atomic mass is 19.1. The molecular formula is C10H10FNO3. The topological polar surface area (TPSA) is 52.4 Å². The monoisotopic (exact) mass is 211 g/mol. The van der Waals surface area contributed by atoms with Crippen LogP contribution in [0.2, 0.25) is 0 Å². The average molecular weight is 211 g/mol. The molecule has 1 aromatic rings. The van der Waals surface area contributed by atoms with Crippen molar-refractivity contribution < 1.29 is 14.1 Å². The Bertz CT molecular complexity index is 415. The molecule has 0 aliphatic rings. The summed E-state index contributed by atoms with van der Waals surface area (Å²) >= 11 is 0. The van der Waals surface area contributed by atoms with Gasteiger partial charge in [-0.05, 0) is 17.7 Å². The first-order valence-corrected chi connectivity index (χ1v) is 4.21. The number of allylic oxidation sites excluding steroid dienone is 1. The van der Waals surface area contributed by atoms with Crippen LogP contribution in [0.4, 0.5) is 4.39 Å². The first-order chi connectivity index (χ1) is 7.04. The maximum atomic E-state index is 13.2. The molecule has 0 aliphatic carbocycles. The summed E-state index contributed by atoms with van der Waals surface area (Å²) in [6.45, 7) is 1.35. The maximum Gasteiger partial charge on any atom is 0.243 e. The minimum absolute atomic E-state index is 0.0421. The number of hydrogen-bond acceptors (Lipinski definition) is 3. The molecule has 15 heavy (non-hydrogen) atoms. The van der Waals surface area contributed by atoms with Crippen molar-refractivity contribution in [2.75, 3.05) is 7.11 Å². The largest absolute Gasteiger partial charge is 0.494 e. The smallest absolute Gasteiger partial charge is 0.243 e. The molecule has 0 atom stereocenters. The Morgan fingerprint density at radius 1 is 1.60 bits per heavy atom. The van der Waals surface area contributed by atoms with E-state index in [0.717, 1.165) is 0 Å². The Morgan fingerprint density at radius 3 is 2.73 bits per heavy atom. The Labute approximate surface area is 86.1 Å². The third kappa shape index (κ3) is 2.77. The van der Waals surface area contributed by atoms with E-state index in [1.54, 1.807) is 6.07 Å². The number of nitro groups is 1. The number of halogens is 1. The van der Waals surface area contributed by atoms with E-state index in [1.165, 1.54) is 32.2 Å². The number of ether oxygens (including phenoxy) is 1. The van der Waals surface area contributed by atoms with E-state index in [2.05, 4.69) is 0 Å². The fourth-order valence-corrected chi connectivity index (χ4v) is 1.07. The van der Waals surface area contributed by atoms with Crippen molar-refractivity contribution in [1.82, 2.24) is 0 Å². The van der Waals surface area contributed by atoms with Gasteiger partial charge in [-0.1, -0.05) is 6.07 Å². The molecule has 0 heterocycles. The molecule has 0 unspecified atom stereocenters. The number of hydrogen-bond donors (Lipinski definition) is 0. The molecule has 0 N–H and O–H groups in total. The van der Waals surface area contributed by atoms with Crippen molar-refractivity contribution in [1.29, 1.82) is 0 Å². The van der Waals surface area contributed by atoms with Gasteiger partial charge >= 0.3 is 0 Å². The summed E-state index contributed by atoms with van der Waals surface area (Å²) in [6, 6.07) is 4.16. The molecule has 1 aromatic carbocycles. The molecule has 4 nitrogen and oxygen atoms in total. The summed E-state index contributed by atoms with van der Waals surface area (Å²) in [5, 5.41) is 10.3. The first-order valence-electron chi connectivity index (χ1n) is 4.21. The highest BCUT2D eigenvalue weighted by molar-refractivity contribution is 5.52. The summed E-state index contributed by atoms with van der Waals surface area (Å²) in [7, 11) is 1.36. The van der Waals surface area contributed by atoms with Crippen LogP contribution in [0.1, 0.15) is 12.5 Å². The lowest BCUT2D eigenvalue weighted by molar-refractivity contribution is -0.422. The van der Waals surface area contributed by atoms with Gasteiger partial charge in [0.15, 0.2) is 11.6 Å². The first kappa shape index (κ1) is 11.2. The van der Waals surface area contributed by atoms with Crippen molar-refractivity contribution in [2.45, 2.75) is 6.92 Å². The minimum Gasteiger partial charge on any atom is -0.494 e. The molecule has 0 amide bonds. The van der Waals surface area contributed by atoms with Crippen molar-refractivity contribution >= 4 is 6.08 Å². The zero-order valence-corrected chi connectivity index (χ0v) is 8.36. The van der Waals surface area contributed by atoms with Gasteiger partial charge in [-0.3, -0.25) is 10.1 Å². The van der Waals surface area contributed by atoms with Crippen LogP contribution in [-0.4, -0.2) is 12.0 Å². The second kappa shape index (κ2) is 4.54. The van der Waals surface area contributed by atoms with E-state index in [0.29, 0.717) is 5.56 Å². The van der Waals surface area contributed by atoms with E-state index < -0.39 is 10.7 Å². The van der Waals surface area contributed by atoms with E-state index in [1.807, 2.05) is 0 Å². The molecule has 0 radical (unpaired) electrons. The normalized spacial score (nSPS) is 11.3. The quantitative estimate of drug-likeness (QED) is 0.570. The van der Waals surface area contributed by atoms with Crippen LogP contribution in [-0.2, 0) is 0 Å². The molecule has 0 bridgehead atoms. The Morgan fingerprint density at radius 2 is 2.27 bits per heavy atom. The molecule has 0 fully saturated rings. The maximum absolute atomic E-state index is 13.2. The van der Waals surface area contributed by atoms with Crippen LogP contribution in [0, 0.1) is 15.9 Å². The van der Waals surface area contributed by atoms with Crippen molar-refractivity contribution in [3.05, 3.63) is 45.4 Å². The van der Waals surface area contributed by atoms with Gasteiger partial charge in [0.25, 0.3) is 0 Å². The Kier molecular flexibility index (Phi) is 3.38. The summed E-state index contributed by atoms with van der Waals surface area (Å²) in [6.07, 6.45) is 1.29. The van der Waals surface area contributed by atoms with Gasteiger partial charge in [-0.15, -0.1) is 0 Å². The second-order valence-corrected chi connectivity index (χ2v) is 2.94. The predicted molar refractivity (Wildman–Crippen MR) is 53.6 cm³/mol. The fourth-order valence-electron chi connectivity index (χ4n) is 1.07. The lowest BCUT2D eigenvalue weighted by Gasteiger charge is -2.01. The Hall–Kier alpha value is -1.91. The molecular weight excluding hydrogens is 201 g/mol. The second-order valence-electron chi connectivity index (χ2n) is 2.94. The fraction of sp³-hybridized carbons (Fsp3) is 0.200. The lowest BCUT2D eigenvalue weighted by atomic mass is 10.2. The van der Waals surface area contributed by atoms with Crippen molar-refractivity contribution in [3.8, 4) is 5.75 Å². The standard InChI is InChI=1S/C10H10FNO3/c1-7(12(13)14)5-8-3-4-10(15-2)9(11)6-8/h3-6H,1-2H3/b7-5-. The summed E-state index contributed by atoms with van der Waals surface area (Å²) in [5.74, 6) is -0.423. The van der Waals surface area contributed by atoms with Gasteiger partial charge in [0, 0.05) is 13.0 Å². The van der Waals surface area contributed by atoms with Gasteiger partial charge in [0.1, 0.15) is 0 Å². The molecule has 5 heteroatoms. The van der Waals surface area contributed by atoms with Gasteiger partial charge in [-0.2, -0.15) is 0 Å². The van der Waals surface area contributed by atoms with Crippen LogP contribution >= 0.6 is 0 Å². The van der Waals surface area contributed by atoms with Gasteiger partial charge < -0.3 is 4.74 Å². The SMILES string of the molecule is COc1ccc(/C=C(/C)[N+](=O)[O-])cc1F. The third-order valence-electron chi connectivity index (χ3n) is 1.84. The number of rotatable bonds is 3. The van der Waals surface area contributed by atoms with Crippen molar-refractivity contribution in [3.63, 3.8) is 0 Å². The molecule has 0 aliphatic heterocycles. The molecule has 1 rings (SSSR count). The van der Waals surface area contributed by atoms with E-state index in [4.69, 9.17) is 4.74 Å². The van der Waals surface area contributed by atoms with Crippen LogP contribution < -0.4 is 4.74 Å². The zero-order valence-electron chi connectivity index (χ0n) is 8.36. The minimum atomic E-state index is -0.539. The highest BCUT2D eigenvalue weighted by Crippen LogP contribution is 2.19. The van der Waals surface area contributed by atoms with E-state index in [-0.39, 0.29) is 11.4 Å². The van der Waals surface area contributed by atoms with Gasteiger partial charge in [-0.25, -0.2) is 4.39 Å². The molecule has 0 saturated carbocycles. The number of methoxy groups -OCH3 is 1. The summed E-state index contributed by atoms with van der Waals surface area (Å²) in [5.41, 5.74) is 0.391. The van der Waals surface area contributed by atoms with Crippen LogP contribution in [0.3, 0.4) is 0 Å². The van der Waals surface area contributed by atoms with Crippen LogP contribution in [0.5, 0.6) is 5.75 Å². The summed E-state index contributed by atoms with van der Waals surface area (Å²) < 4.78 is 17.9. The third-order valence-corrected chi connectivity index (χ3v) is 1.84. The number of benzene rings is 1. The van der Waals surface area contributed by atoms with E-state index >= 15 is 0 Å². The molecule has 80 valence electrons. The highest BCUT2D eigenvalue weighted by Gasteiger charge is 2.05. The van der Waals surface area contributed by atoms with Crippen molar-refractivity contribution in [2.24, 2.45) is 0 Å². The molecule has 0 aromatic heterocycles. The van der Waals surface area contributed by atoms with E-state index in [9.17, 15) is 14.5 Å². The van der Waals surface area contributed by atoms with Gasteiger partial charge in [0.2, 0.25) is 5.70 Å². The number of nitrogens with zero attached hydrogens (tertiary/aromatic N) is 1.